The summed E-state index contributed by atoms with van der Waals surface area (Å²) in [6.07, 6.45) is 0.450. The summed E-state index contributed by atoms with van der Waals surface area (Å²) in [5.74, 6) is -3.82. The molecular weight excluding hydrogens is 327 g/mol. The molecule has 0 unspecified atom stereocenters. The minimum atomic E-state index is -5.93. The summed E-state index contributed by atoms with van der Waals surface area (Å²) in [5, 5.41) is 0. The van der Waals surface area contributed by atoms with E-state index in [0.717, 1.165) is 0 Å². The molecule has 110 valence electrons. The Hall–Kier alpha value is -0.440. The van der Waals surface area contributed by atoms with Gasteiger partial charge in [0.2, 0.25) is 0 Å². The van der Waals surface area contributed by atoms with E-state index in [1.165, 1.54) is 0 Å². The predicted octanol–water partition coefficient (Wildman–Crippen LogP) is -1.01. The van der Waals surface area contributed by atoms with E-state index in [-0.39, 0.29) is 0 Å². The van der Waals surface area contributed by atoms with Crippen LogP contribution in [-0.2, 0) is 30.0 Å². The third-order valence-corrected chi connectivity index (χ3v) is 4.75. The minimum Gasteiger partial charge on any atom is -0.273 e. The molecule has 0 aromatic rings. The second-order valence-electron chi connectivity index (χ2n) is 3.17. The topological polar surface area (TPSA) is 126 Å². The number of hydrogen-bond acceptors (Lipinski definition) is 6. The molecule has 0 radical (unpaired) electrons. The van der Waals surface area contributed by atoms with Gasteiger partial charge in [0.25, 0.3) is 9.84 Å². The van der Waals surface area contributed by atoms with Crippen molar-refractivity contribution in [3.05, 3.63) is 0 Å². The first-order chi connectivity index (χ1) is 7.56. The van der Waals surface area contributed by atoms with Crippen LogP contribution in [0, 0.1) is 0 Å². The lowest BCUT2D eigenvalue weighted by Crippen LogP contribution is -2.42. The van der Waals surface area contributed by atoms with E-state index < -0.39 is 51.5 Å². The van der Waals surface area contributed by atoms with Crippen molar-refractivity contribution in [2.45, 2.75) is 5.51 Å². The number of sulfone groups is 2. The molecule has 1 N–H and O–H groups in total. The molecule has 0 aromatic heterocycles. The van der Waals surface area contributed by atoms with Crippen LogP contribution in [0.3, 0.4) is 0 Å². The molecule has 0 bridgehead atoms. The van der Waals surface area contributed by atoms with E-state index in [0.29, 0.717) is 6.26 Å². The fraction of sp³-hybridized carbons (Fsp3) is 1.00. The zero-order valence-electron chi connectivity index (χ0n) is 8.62. The first kappa shape index (κ1) is 17.6. The van der Waals surface area contributed by atoms with E-state index >= 15 is 0 Å². The molecule has 0 saturated carbocycles. The zero-order chi connectivity index (χ0) is 15.0. The normalized spacial score (nSPS) is 15.0. The van der Waals surface area contributed by atoms with Gasteiger partial charge in [0.15, 0.2) is 9.84 Å². The number of alkyl halides is 3. The van der Waals surface area contributed by atoms with Crippen LogP contribution in [0.4, 0.5) is 13.2 Å². The standard InChI is InChI=1S/C4H8F3NO7S3/c1-16(9,10)2-8(18(13,14)15)3-17(11,12)4(5,6)7/h2-3H2,1H3,(H,13,14,15). The van der Waals surface area contributed by atoms with Crippen LogP contribution < -0.4 is 0 Å². The molecular formula is C4H8F3NO7S3. The van der Waals surface area contributed by atoms with Crippen LogP contribution in [0.25, 0.3) is 0 Å². The third kappa shape index (κ3) is 5.47. The fourth-order valence-electron chi connectivity index (χ4n) is 0.695. The molecule has 0 saturated heterocycles. The molecule has 0 fully saturated rings. The van der Waals surface area contributed by atoms with Crippen LogP contribution in [0.2, 0.25) is 0 Å². The van der Waals surface area contributed by atoms with Crippen LogP contribution >= 0.6 is 0 Å². The van der Waals surface area contributed by atoms with E-state index in [2.05, 4.69) is 0 Å². The highest BCUT2D eigenvalue weighted by molar-refractivity contribution is 7.94. The van der Waals surface area contributed by atoms with Gasteiger partial charge in [0, 0.05) is 6.26 Å². The summed E-state index contributed by atoms with van der Waals surface area (Å²) in [5.41, 5.74) is -5.77. The summed E-state index contributed by atoms with van der Waals surface area (Å²) < 4.78 is 108. The number of rotatable bonds is 5. The smallest absolute Gasteiger partial charge is 0.273 e. The molecule has 0 aliphatic carbocycles. The number of halogens is 3. The monoisotopic (exact) mass is 335 g/mol. The summed E-state index contributed by atoms with van der Waals surface area (Å²) in [6.45, 7) is 0. The fourth-order valence-corrected chi connectivity index (χ4v) is 4.10. The van der Waals surface area contributed by atoms with Crippen molar-refractivity contribution >= 4 is 30.0 Å². The predicted molar refractivity (Wildman–Crippen MR) is 52.9 cm³/mol. The molecule has 8 nitrogen and oxygen atoms in total. The Labute approximate surface area is 101 Å². The number of nitrogens with zero attached hydrogens (tertiary/aromatic N) is 1. The van der Waals surface area contributed by atoms with Crippen LogP contribution in [-0.4, -0.2) is 57.6 Å². The second-order valence-corrected chi connectivity index (χ2v) is 8.65. The van der Waals surface area contributed by atoms with Gasteiger partial charge in [-0.25, -0.2) is 16.8 Å². The van der Waals surface area contributed by atoms with Gasteiger partial charge in [0.05, 0.1) is 0 Å². The Morgan fingerprint density at radius 3 is 1.61 bits per heavy atom. The van der Waals surface area contributed by atoms with Crippen molar-refractivity contribution in [3.8, 4) is 0 Å². The molecule has 0 heterocycles. The quantitative estimate of drug-likeness (QED) is 0.638. The SMILES string of the molecule is CS(=O)(=O)CN(CS(=O)(=O)C(F)(F)F)S(=O)(=O)O. The van der Waals surface area contributed by atoms with Crippen LogP contribution in [0.15, 0.2) is 0 Å². The van der Waals surface area contributed by atoms with Crippen LogP contribution in [0.1, 0.15) is 0 Å². The summed E-state index contributed by atoms with van der Waals surface area (Å²) in [4.78, 5) is 0. The first-order valence-electron chi connectivity index (χ1n) is 3.75. The van der Waals surface area contributed by atoms with Gasteiger partial charge in [-0.3, -0.25) is 4.55 Å². The maximum absolute atomic E-state index is 12.0. The molecule has 18 heavy (non-hydrogen) atoms. The zero-order valence-corrected chi connectivity index (χ0v) is 11.1. The maximum Gasteiger partial charge on any atom is 0.498 e. The Morgan fingerprint density at radius 1 is 1.00 bits per heavy atom. The Bertz CT molecular complexity index is 601. The van der Waals surface area contributed by atoms with Gasteiger partial charge in [-0.1, -0.05) is 0 Å². The van der Waals surface area contributed by atoms with E-state index in [9.17, 15) is 38.4 Å². The first-order valence-corrected chi connectivity index (χ1v) is 8.86. The minimum absolute atomic E-state index is 0.450. The summed E-state index contributed by atoms with van der Waals surface area (Å²) in [6, 6.07) is 0. The highest BCUT2D eigenvalue weighted by Gasteiger charge is 2.48. The molecule has 0 atom stereocenters. The highest BCUT2D eigenvalue weighted by atomic mass is 32.2. The van der Waals surface area contributed by atoms with Gasteiger partial charge in [-0.15, -0.1) is 4.31 Å². The van der Waals surface area contributed by atoms with Crippen molar-refractivity contribution in [3.63, 3.8) is 0 Å². The Kier molecular flexibility index (Phi) is 4.80. The lowest BCUT2D eigenvalue weighted by molar-refractivity contribution is -0.0441. The maximum atomic E-state index is 12.0. The van der Waals surface area contributed by atoms with Crippen molar-refractivity contribution in [1.29, 1.82) is 0 Å². The van der Waals surface area contributed by atoms with Gasteiger partial charge in [-0.05, 0) is 0 Å². The lowest BCUT2D eigenvalue weighted by Gasteiger charge is -2.18. The Morgan fingerprint density at radius 2 is 1.39 bits per heavy atom. The average Bonchev–Trinajstić information content (AvgIpc) is 1.95. The second kappa shape index (κ2) is 4.92. The molecule has 0 rings (SSSR count). The van der Waals surface area contributed by atoms with Crippen molar-refractivity contribution in [2.24, 2.45) is 0 Å². The van der Waals surface area contributed by atoms with E-state index in [1.54, 1.807) is 0 Å². The Balaban J connectivity index is 5.45. The average molecular weight is 335 g/mol. The lowest BCUT2D eigenvalue weighted by atomic mass is 11.2. The molecule has 0 spiro atoms. The summed E-state index contributed by atoms with van der Waals surface area (Å²) >= 11 is 0. The van der Waals surface area contributed by atoms with Gasteiger partial charge < -0.3 is 0 Å². The number of hydrogen-bond donors (Lipinski definition) is 1. The molecule has 14 heteroatoms. The molecule has 0 aliphatic heterocycles. The molecule has 0 aromatic carbocycles. The van der Waals surface area contributed by atoms with Gasteiger partial charge >= 0.3 is 15.8 Å². The van der Waals surface area contributed by atoms with E-state index in [1.807, 2.05) is 0 Å². The summed E-state index contributed by atoms with van der Waals surface area (Å²) in [7, 11) is -15.5. The van der Waals surface area contributed by atoms with Gasteiger partial charge in [0.1, 0.15) is 11.8 Å². The van der Waals surface area contributed by atoms with Crippen LogP contribution in [0.5, 0.6) is 0 Å². The molecule has 0 aliphatic rings. The third-order valence-electron chi connectivity index (χ3n) is 1.37. The highest BCUT2D eigenvalue weighted by Crippen LogP contribution is 2.25. The molecule has 0 amide bonds. The largest absolute Gasteiger partial charge is 0.498 e. The van der Waals surface area contributed by atoms with Crippen molar-refractivity contribution in [1.82, 2.24) is 4.31 Å². The van der Waals surface area contributed by atoms with Crippen molar-refractivity contribution in [2.75, 3.05) is 18.0 Å². The van der Waals surface area contributed by atoms with Gasteiger partial charge in [-0.2, -0.15) is 21.6 Å². The van der Waals surface area contributed by atoms with Crippen molar-refractivity contribution < 1.29 is 43.0 Å². The van der Waals surface area contributed by atoms with E-state index in [4.69, 9.17) is 4.55 Å².